The topological polar surface area (TPSA) is 32.8 Å². The normalized spacial score (nSPS) is 20.5. The lowest BCUT2D eigenvalue weighted by atomic mass is 9.98. The minimum Gasteiger partial charge on any atom is -0.497 e. The summed E-state index contributed by atoms with van der Waals surface area (Å²) in [5, 5.41) is 3.99. The molecule has 1 atom stereocenters. The zero-order chi connectivity index (χ0) is 14.4. The minimum absolute atomic E-state index is 0.0859. The third kappa shape index (κ3) is 1.76. The summed E-state index contributed by atoms with van der Waals surface area (Å²) in [6.07, 6.45) is 0.578. The van der Waals surface area contributed by atoms with Gasteiger partial charge in [0, 0.05) is 18.5 Å². The summed E-state index contributed by atoms with van der Waals surface area (Å²) in [7, 11) is 1.67. The highest BCUT2D eigenvalue weighted by atomic mass is 16.5. The number of fused-ring (bicyclic) bond motifs is 3. The average molecular weight is 280 g/mol. The summed E-state index contributed by atoms with van der Waals surface area (Å²) in [5.41, 5.74) is 3.34. The molecule has 0 radical (unpaired) electrons. The lowest BCUT2D eigenvalue weighted by Crippen LogP contribution is -2.35. The van der Waals surface area contributed by atoms with E-state index in [2.05, 4.69) is 17.1 Å². The van der Waals surface area contributed by atoms with Crippen LogP contribution >= 0.6 is 0 Å². The van der Waals surface area contributed by atoms with E-state index in [1.165, 1.54) is 5.56 Å². The van der Waals surface area contributed by atoms with Gasteiger partial charge in [0.25, 0.3) is 0 Å². The predicted molar refractivity (Wildman–Crippen MR) is 80.1 cm³/mol. The molecule has 2 aromatic carbocycles. The Morgan fingerprint density at radius 3 is 2.86 bits per heavy atom. The first-order valence-electron chi connectivity index (χ1n) is 7.12. The van der Waals surface area contributed by atoms with Crippen LogP contribution in [0.4, 0.5) is 5.69 Å². The van der Waals surface area contributed by atoms with Crippen molar-refractivity contribution < 1.29 is 9.53 Å². The molecule has 0 saturated carbocycles. The molecule has 2 aliphatic heterocycles. The van der Waals surface area contributed by atoms with E-state index in [0.717, 1.165) is 23.5 Å². The van der Waals surface area contributed by atoms with Crippen molar-refractivity contribution in [2.75, 3.05) is 18.7 Å². The lowest BCUT2D eigenvalue weighted by molar-refractivity contribution is -0.117. The Labute approximate surface area is 123 Å². The molecule has 0 aromatic heterocycles. The second-order valence-corrected chi connectivity index (χ2v) is 5.36. The van der Waals surface area contributed by atoms with Crippen molar-refractivity contribution in [3.05, 3.63) is 59.7 Å². The van der Waals surface area contributed by atoms with Crippen LogP contribution in [-0.2, 0) is 4.79 Å². The fourth-order valence-electron chi connectivity index (χ4n) is 3.31. The van der Waals surface area contributed by atoms with Gasteiger partial charge >= 0.3 is 0 Å². The van der Waals surface area contributed by atoms with E-state index in [1.54, 1.807) is 7.11 Å². The maximum absolute atomic E-state index is 12.2. The largest absolute Gasteiger partial charge is 0.497 e. The molecule has 1 fully saturated rings. The van der Waals surface area contributed by atoms with E-state index in [4.69, 9.17) is 4.74 Å². The van der Waals surface area contributed by atoms with Gasteiger partial charge in [-0.3, -0.25) is 4.79 Å². The fraction of sp³-hybridized carbons (Fsp3) is 0.235. The van der Waals surface area contributed by atoms with Gasteiger partial charge in [-0.15, -0.1) is 0 Å². The first-order chi connectivity index (χ1) is 10.3. The summed E-state index contributed by atoms with van der Waals surface area (Å²) < 4.78 is 5.34. The lowest BCUT2D eigenvalue weighted by Gasteiger charge is -2.25. The zero-order valence-electron chi connectivity index (χ0n) is 11.8. The molecular formula is C17H16N2O2. The fourth-order valence-corrected chi connectivity index (χ4v) is 3.31. The summed E-state index contributed by atoms with van der Waals surface area (Å²) in [6.45, 7) is 0.759. The molecule has 1 saturated heterocycles. The van der Waals surface area contributed by atoms with Crippen LogP contribution in [0, 0.1) is 0 Å². The molecule has 0 spiro atoms. The summed E-state index contributed by atoms with van der Waals surface area (Å²) in [4.78, 5) is 12.2. The van der Waals surface area contributed by atoms with E-state index in [-0.39, 0.29) is 11.9 Å². The Bertz CT molecular complexity index is 713. The number of hydrogen-bond donors (Lipinski definition) is 0. The van der Waals surface area contributed by atoms with Gasteiger partial charge in [0.2, 0.25) is 5.91 Å². The molecule has 0 N–H and O–H groups in total. The quantitative estimate of drug-likeness (QED) is 0.848. The standard InChI is InChI=1S/C17H16N2O2/c1-21-13-6-4-5-12(11-13)17-14-7-2-3-8-15(14)19-16(20)9-10-18(17)19/h2-8,11,17H,9-10H2,1H3. The minimum atomic E-state index is 0.0859. The number of benzene rings is 2. The number of ether oxygens (including phenoxy) is 1. The number of nitrogens with zero attached hydrogens (tertiary/aromatic N) is 2. The molecule has 4 rings (SSSR count). The van der Waals surface area contributed by atoms with Crippen LogP contribution in [-0.4, -0.2) is 24.6 Å². The second-order valence-electron chi connectivity index (χ2n) is 5.36. The van der Waals surface area contributed by atoms with Crippen LogP contribution in [0.5, 0.6) is 5.75 Å². The van der Waals surface area contributed by atoms with Crippen molar-refractivity contribution in [1.29, 1.82) is 0 Å². The predicted octanol–water partition coefficient (Wildman–Crippen LogP) is 2.75. The first kappa shape index (κ1) is 12.4. The Morgan fingerprint density at radius 2 is 2.00 bits per heavy atom. The molecule has 1 amide bonds. The number of carbonyl (C=O) groups is 1. The van der Waals surface area contributed by atoms with Gasteiger partial charge in [0.15, 0.2) is 0 Å². The van der Waals surface area contributed by atoms with Crippen LogP contribution in [0.2, 0.25) is 0 Å². The molecule has 0 bridgehead atoms. The van der Waals surface area contributed by atoms with Crippen LogP contribution in [0.3, 0.4) is 0 Å². The van der Waals surface area contributed by atoms with Crippen LogP contribution in [0.15, 0.2) is 48.5 Å². The van der Waals surface area contributed by atoms with Crippen LogP contribution in [0.25, 0.3) is 0 Å². The van der Waals surface area contributed by atoms with E-state index < -0.39 is 0 Å². The number of para-hydroxylation sites is 1. The first-order valence-corrected chi connectivity index (χ1v) is 7.12. The molecular weight excluding hydrogens is 264 g/mol. The van der Waals surface area contributed by atoms with E-state index >= 15 is 0 Å². The molecule has 1 unspecified atom stereocenters. The number of hydrazine groups is 1. The highest BCUT2D eigenvalue weighted by Gasteiger charge is 2.44. The average Bonchev–Trinajstić information content (AvgIpc) is 3.05. The number of rotatable bonds is 2. The zero-order valence-corrected chi connectivity index (χ0v) is 11.8. The molecule has 21 heavy (non-hydrogen) atoms. The number of anilines is 1. The highest BCUT2D eigenvalue weighted by Crippen LogP contribution is 2.46. The Morgan fingerprint density at radius 1 is 1.14 bits per heavy atom. The maximum atomic E-state index is 12.2. The smallest absolute Gasteiger partial charge is 0.242 e. The van der Waals surface area contributed by atoms with Gasteiger partial charge in [-0.05, 0) is 23.8 Å². The van der Waals surface area contributed by atoms with Crippen molar-refractivity contribution in [3.63, 3.8) is 0 Å². The van der Waals surface area contributed by atoms with Crippen molar-refractivity contribution in [2.24, 2.45) is 0 Å². The highest BCUT2D eigenvalue weighted by molar-refractivity contribution is 5.97. The van der Waals surface area contributed by atoms with Crippen molar-refractivity contribution in [1.82, 2.24) is 5.01 Å². The molecule has 2 aromatic rings. The van der Waals surface area contributed by atoms with Gasteiger partial charge in [-0.2, -0.15) is 0 Å². The van der Waals surface area contributed by atoms with Gasteiger partial charge < -0.3 is 4.74 Å². The molecule has 2 heterocycles. The summed E-state index contributed by atoms with van der Waals surface area (Å²) in [5.74, 6) is 1.02. The third-order valence-corrected chi connectivity index (χ3v) is 4.22. The second kappa shape index (κ2) is 4.60. The Hall–Kier alpha value is -2.33. The van der Waals surface area contributed by atoms with Crippen LogP contribution in [0.1, 0.15) is 23.6 Å². The molecule has 4 heteroatoms. The monoisotopic (exact) mass is 280 g/mol. The van der Waals surface area contributed by atoms with Crippen molar-refractivity contribution >= 4 is 11.6 Å². The number of amides is 1. The van der Waals surface area contributed by atoms with E-state index in [1.807, 2.05) is 41.4 Å². The van der Waals surface area contributed by atoms with E-state index in [9.17, 15) is 4.79 Å². The molecule has 4 nitrogen and oxygen atoms in total. The Balaban J connectivity index is 1.86. The van der Waals surface area contributed by atoms with Gasteiger partial charge in [0.1, 0.15) is 5.75 Å². The maximum Gasteiger partial charge on any atom is 0.242 e. The van der Waals surface area contributed by atoms with E-state index in [0.29, 0.717) is 6.42 Å². The third-order valence-electron chi connectivity index (χ3n) is 4.22. The molecule has 106 valence electrons. The van der Waals surface area contributed by atoms with Gasteiger partial charge in [0.05, 0.1) is 18.8 Å². The van der Waals surface area contributed by atoms with Crippen molar-refractivity contribution in [2.45, 2.75) is 12.5 Å². The van der Waals surface area contributed by atoms with Gasteiger partial charge in [-0.1, -0.05) is 30.3 Å². The van der Waals surface area contributed by atoms with Crippen molar-refractivity contribution in [3.8, 4) is 5.75 Å². The van der Waals surface area contributed by atoms with Gasteiger partial charge in [-0.25, -0.2) is 10.0 Å². The number of hydrogen-bond acceptors (Lipinski definition) is 3. The molecule has 2 aliphatic rings. The summed E-state index contributed by atoms with van der Waals surface area (Å²) in [6, 6.07) is 16.3. The summed E-state index contributed by atoms with van der Waals surface area (Å²) >= 11 is 0. The number of methoxy groups -OCH3 is 1. The van der Waals surface area contributed by atoms with Crippen LogP contribution < -0.4 is 9.75 Å². The SMILES string of the molecule is COc1cccc(C2c3ccccc3N3C(=O)CCN23)c1. The number of carbonyl (C=O) groups excluding carboxylic acids is 1. The Kier molecular flexibility index (Phi) is 2.72. The molecule has 0 aliphatic carbocycles.